The van der Waals surface area contributed by atoms with Crippen molar-refractivity contribution in [2.45, 2.75) is 25.8 Å². The smallest absolute Gasteiger partial charge is 0.339 e. The largest absolute Gasteiger partial charge is 0.465 e. The fraction of sp³-hybridized carbons (Fsp3) is 0.429. The number of benzene rings is 1. The lowest BCUT2D eigenvalue weighted by Gasteiger charge is -2.14. The maximum atomic E-state index is 12.0. The second-order valence-electron chi connectivity index (χ2n) is 4.68. The number of ether oxygens (including phenoxy) is 1. The van der Waals surface area contributed by atoms with Gasteiger partial charge in [-0.2, -0.15) is 0 Å². The molecule has 0 spiro atoms. The van der Waals surface area contributed by atoms with Crippen molar-refractivity contribution in [3.8, 4) is 0 Å². The third-order valence-electron chi connectivity index (χ3n) is 3.22. The van der Waals surface area contributed by atoms with E-state index in [2.05, 4.69) is 10.6 Å². The maximum Gasteiger partial charge on any atom is 0.339 e. The molecule has 5 nitrogen and oxygen atoms in total. The maximum absolute atomic E-state index is 12.0. The summed E-state index contributed by atoms with van der Waals surface area (Å²) in [5.41, 5.74) is 1.82. The van der Waals surface area contributed by atoms with Gasteiger partial charge in [0.25, 0.3) is 0 Å². The average Bonchev–Trinajstić information content (AvgIpc) is 2.94. The summed E-state index contributed by atoms with van der Waals surface area (Å²) in [7, 11) is 1.33. The lowest BCUT2D eigenvalue weighted by atomic mass is 10.1. The van der Waals surface area contributed by atoms with Crippen molar-refractivity contribution < 1.29 is 14.3 Å². The third-order valence-corrected chi connectivity index (χ3v) is 3.22. The van der Waals surface area contributed by atoms with E-state index < -0.39 is 5.97 Å². The Morgan fingerprint density at radius 1 is 1.42 bits per heavy atom. The molecule has 0 saturated carbocycles. The fourth-order valence-electron chi connectivity index (χ4n) is 2.17. The summed E-state index contributed by atoms with van der Waals surface area (Å²) >= 11 is 0. The van der Waals surface area contributed by atoms with E-state index in [9.17, 15) is 9.59 Å². The lowest BCUT2D eigenvalue weighted by Crippen LogP contribution is -2.35. The van der Waals surface area contributed by atoms with E-state index in [1.165, 1.54) is 7.11 Å². The van der Waals surface area contributed by atoms with Gasteiger partial charge in [-0.25, -0.2) is 4.79 Å². The highest BCUT2D eigenvalue weighted by molar-refractivity contribution is 6.02. The molecule has 1 aromatic carbocycles. The highest BCUT2D eigenvalue weighted by Gasteiger charge is 2.23. The summed E-state index contributed by atoms with van der Waals surface area (Å²) in [5.74, 6) is -0.551. The number of amides is 1. The topological polar surface area (TPSA) is 67.4 Å². The average molecular weight is 262 g/mol. The summed E-state index contributed by atoms with van der Waals surface area (Å²) in [5, 5.41) is 5.92. The Kier molecular flexibility index (Phi) is 4.16. The van der Waals surface area contributed by atoms with Crippen molar-refractivity contribution in [2.24, 2.45) is 0 Å². The van der Waals surface area contributed by atoms with Gasteiger partial charge in [0.05, 0.1) is 24.4 Å². The summed E-state index contributed by atoms with van der Waals surface area (Å²) in [6, 6.07) is 5.12. The molecule has 0 aromatic heterocycles. The Hall–Kier alpha value is -1.88. The molecule has 1 amide bonds. The molecule has 102 valence electrons. The van der Waals surface area contributed by atoms with Crippen LogP contribution >= 0.6 is 0 Å². The first-order chi connectivity index (χ1) is 9.11. The number of anilines is 1. The van der Waals surface area contributed by atoms with E-state index >= 15 is 0 Å². The van der Waals surface area contributed by atoms with Crippen LogP contribution < -0.4 is 10.6 Å². The van der Waals surface area contributed by atoms with Crippen molar-refractivity contribution in [1.82, 2.24) is 5.32 Å². The number of carbonyl (C=O) groups is 2. The Bertz CT molecular complexity index is 493. The first kappa shape index (κ1) is 13.5. The van der Waals surface area contributed by atoms with Gasteiger partial charge in [-0.3, -0.25) is 4.79 Å². The molecule has 5 heteroatoms. The van der Waals surface area contributed by atoms with Crippen molar-refractivity contribution >= 4 is 17.6 Å². The molecule has 2 N–H and O–H groups in total. The molecule has 0 aliphatic carbocycles. The number of nitrogens with one attached hydrogen (secondary N) is 2. The minimum atomic E-state index is -0.446. The van der Waals surface area contributed by atoms with Crippen LogP contribution in [0.4, 0.5) is 5.69 Å². The molecule has 1 fully saturated rings. The van der Waals surface area contributed by atoms with Crippen molar-refractivity contribution in [3.63, 3.8) is 0 Å². The Morgan fingerprint density at radius 3 is 2.84 bits per heavy atom. The summed E-state index contributed by atoms with van der Waals surface area (Å²) < 4.78 is 4.73. The second kappa shape index (κ2) is 5.84. The molecule has 0 bridgehead atoms. The zero-order valence-electron chi connectivity index (χ0n) is 11.2. The number of rotatable bonds is 3. The van der Waals surface area contributed by atoms with Crippen LogP contribution in [0.2, 0.25) is 0 Å². The third kappa shape index (κ3) is 3.12. The first-order valence-electron chi connectivity index (χ1n) is 6.35. The van der Waals surface area contributed by atoms with E-state index in [1.807, 2.05) is 13.0 Å². The van der Waals surface area contributed by atoms with Gasteiger partial charge in [0.2, 0.25) is 5.91 Å². The van der Waals surface area contributed by atoms with Gasteiger partial charge < -0.3 is 15.4 Å². The molecule has 1 aliphatic heterocycles. The van der Waals surface area contributed by atoms with Gasteiger partial charge in [-0.05, 0) is 38.4 Å². The van der Waals surface area contributed by atoms with Crippen molar-refractivity contribution in [3.05, 3.63) is 29.3 Å². The zero-order valence-corrected chi connectivity index (χ0v) is 11.2. The number of hydrogen-bond donors (Lipinski definition) is 2. The van der Waals surface area contributed by atoms with Gasteiger partial charge >= 0.3 is 5.97 Å². The predicted molar refractivity (Wildman–Crippen MR) is 72.2 cm³/mol. The summed E-state index contributed by atoms with van der Waals surface area (Å²) in [6.07, 6.45) is 1.82. The molecule has 0 radical (unpaired) electrons. The Balaban J connectivity index is 2.19. The van der Waals surface area contributed by atoms with Crippen LogP contribution in [0.1, 0.15) is 28.8 Å². The molecular weight excluding hydrogens is 244 g/mol. The van der Waals surface area contributed by atoms with Crippen LogP contribution in [-0.2, 0) is 9.53 Å². The fourth-order valence-corrected chi connectivity index (χ4v) is 2.17. The summed E-state index contributed by atoms with van der Waals surface area (Å²) in [4.78, 5) is 23.7. The Morgan fingerprint density at radius 2 is 2.21 bits per heavy atom. The van der Waals surface area contributed by atoms with E-state index in [0.717, 1.165) is 24.9 Å². The van der Waals surface area contributed by atoms with E-state index in [-0.39, 0.29) is 11.9 Å². The van der Waals surface area contributed by atoms with E-state index in [0.29, 0.717) is 11.3 Å². The molecule has 19 heavy (non-hydrogen) atoms. The van der Waals surface area contributed by atoms with Crippen molar-refractivity contribution in [1.29, 1.82) is 0 Å². The minimum Gasteiger partial charge on any atom is -0.465 e. The molecule has 1 saturated heterocycles. The summed E-state index contributed by atoms with van der Waals surface area (Å²) in [6.45, 7) is 2.74. The van der Waals surface area contributed by atoms with E-state index in [1.54, 1.807) is 12.1 Å². The molecule has 1 atom stereocenters. The SMILES string of the molecule is COC(=O)c1cc(C)ccc1NC(=O)[C@H]1CCCN1. The van der Waals surface area contributed by atoms with Crippen LogP contribution in [0, 0.1) is 6.92 Å². The monoisotopic (exact) mass is 262 g/mol. The van der Waals surface area contributed by atoms with E-state index in [4.69, 9.17) is 4.74 Å². The Labute approximate surface area is 112 Å². The number of carbonyl (C=O) groups excluding carboxylic acids is 2. The highest BCUT2D eigenvalue weighted by Crippen LogP contribution is 2.19. The number of methoxy groups -OCH3 is 1. The van der Waals surface area contributed by atoms with Crippen molar-refractivity contribution in [2.75, 3.05) is 19.0 Å². The zero-order chi connectivity index (χ0) is 13.8. The molecule has 1 aromatic rings. The van der Waals surface area contributed by atoms with Crippen LogP contribution in [0.15, 0.2) is 18.2 Å². The number of hydrogen-bond acceptors (Lipinski definition) is 4. The van der Waals surface area contributed by atoms with Crippen LogP contribution in [0.3, 0.4) is 0 Å². The number of esters is 1. The van der Waals surface area contributed by atoms with Gasteiger partial charge in [0.15, 0.2) is 0 Å². The molecule has 2 rings (SSSR count). The van der Waals surface area contributed by atoms with Gasteiger partial charge in [0, 0.05) is 0 Å². The van der Waals surface area contributed by atoms with Gasteiger partial charge in [-0.1, -0.05) is 11.6 Å². The quantitative estimate of drug-likeness (QED) is 0.810. The normalized spacial score (nSPS) is 18.1. The lowest BCUT2D eigenvalue weighted by molar-refractivity contribution is -0.117. The van der Waals surface area contributed by atoms with Gasteiger partial charge in [0.1, 0.15) is 0 Å². The minimum absolute atomic E-state index is 0.105. The standard InChI is InChI=1S/C14H18N2O3/c1-9-5-6-11(10(8-9)14(18)19-2)16-13(17)12-4-3-7-15-12/h5-6,8,12,15H,3-4,7H2,1-2H3,(H,16,17)/t12-/m1/s1. The van der Waals surface area contributed by atoms with Crippen LogP contribution in [-0.4, -0.2) is 31.6 Å². The second-order valence-corrected chi connectivity index (χ2v) is 4.68. The molecule has 1 heterocycles. The highest BCUT2D eigenvalue weighted by atomic mass is 16.5. The number of aryl methyl sites for hydroxylation is 1. The molecule has 1 aliphatic rings. The van der Waals surface area contributed by atoms with Crippen LogP contribution in [0.5, 0.6) is 0 Å². The molecule has 0 unspecified atom stereocenters. The predicted octanol–water partition coefficient (Wildman–Crippen LogP) is 1.47. The van der Waals surface area contributed by atoms with Gasteiger partial charge in [-0.15, -0.1) is 0 Å². The first-order valence-corrected chi connectivity index (χ1v) is 6.35. The van der Waals surface area contributed by atoms with Crippen LogP contribution in [0.25, 0.3) is 0 Å². The molecular formula is C14H18N2O3.